The van der Waals surface area contributed by atoms with Gasteiger partial charge in [-0.15, -0.1) is 0 Å². The summed E-state index contributed by atoms with van der Waals surface area (Å²) in [6, 6.07) is 2.10. The van der Waals surface area contributed by atoms with Crippen LogP contribution >= 0.6 is 11.6 Å². The first-order valence-corrected chi connectivity index (χ1v) is 6.13. The molecule has 0 spiro atoms. The number of hydrogen-bond donors (Lipinski definition) is 2. The second-order valence-corrected chi connectivity index (χ2v) is 4.12. The number of benzene rings is 1. The van der Waals surface area contributed by atoms with Crippen LogP contribution in [-0.4, -0.2) is 18.9 Å². The molecule has 0 radical (unpaired) electrons. The molecule has 0 aromatic heterocycles. The van der Waals surface area contributed by atoms with Gasteiger partial charge in [0, 0.05) is 0 Å². The molecule has 1 rings (SSSR count). The summed E-state index contributed by atoms with van der Waals surface area (Å²) in [5.41, 5.74) is 6.82. The van der Waals surface area contributed by atoms with Crippen molar-refractivity contribution >= 4 is 23.8 Å². The smallest absolute Gasteiger partial charge is 0.332 e. The Balaban J connectivity index is 2.87. The zero-order chi connectivity index (χ0) is 14.3. The zero-order valence-electron chi connectivity index (χ0n) is 10.5. The van der Waals surface area contributed by atoms with Crippen LogP contribution in [0.25, 0.3) is 0 Å². The van der Waals surface area contributed by atoms with E-state index in [2.05, 4.69) is 5.10 Å². The van der Waals surface area contributed by atoms with Gasteiger partial charge in [-0.3, -0.25) is 0 Å². The molecule has 19 heavy (non-hydrogen) atoms. The first-order valence-electron chi connectivity index (χ1n) is 5.75. The lowest BCUT2D eigenvalue weighted by Crippen LogP contribution is -2.24. The maximum Gasteiger partial charge on any atom is 0.332 e. The molecule has 0 saturated heterocycles. The van der Waals surface area contributed by atoms with Gasteiger partial charge in [-0.2, -0.15) is 5.10 Å². The van der Waals surface area contributed by atoms with Crippen LogP contribution in [0.2, 0.25) is 5.02 Å². The molecular weight excluding hydrogens is 273 g/mol. The summed E-state index contributed by atoms with van der Waals surface area (Å²) in [5, 5.41) is 3.63. The fraction of sp³-hybridized carbons (Fsp3) is 0.333. The minimum atomic E-state index is -0.844. The molecule has 0 aliphatic rings. The molecule has 0 aliphatic heterocycles. The number of nitrogens with two attached hydrogens (primary N) is 1. The fourth-order valence-electron chi connectivity index (χ4n) is 1.27. The van der Waals surface area contributed by atoms with Crippen molar-refractivity contribution < 1.29 is 13.9 Å². The van der Waals surface area contributed by atoms with Crippen molar-refractivity contribution in [3.05, 3.63) is 28.5 Å². The number of amides is 2. The molecule has 0 saturated carbocycles. The Morgan fingerprint density at radius 2 is 2.37 bits per heavy atom. The number of hydrogen-bond acceptors (Lipinski definition) is 3. The fourth-order valence-corrected chi connectivity index (χ4v) is 1.46. The largest absolute Gasteiger partial charge is 0.490 e. The Bertz CT molecular complexity index is 480. The molecule has 1 aromatic carbocycles. The van der Waals surface area contributed by atoms with Crippen LogP contribution < -0.4 is 15.9 Å². The summed E-state index contributed by atoms with van der Waals surface area (Å²) in [4.78, 5) is 10.4. The summed E-state index contributed by atoms with van der Waals surface area (Å²) in [6.45, 7) is 2.43. The second-order valence-electron chi connectivity index (χ2n) is 3.71. The van der Waals surface area contributed by atoms with E-state index in [4.69, 9.17) is 22.1 Å². The Labute approximate surface area is 115 Å². The van der Waals surface area contributed by atoms with E-state index < -0.39 is 11.8 Å². The molecule has 0 bridgehead atoms. The quantitative estimate of drug-likeness (QED) is 0.479. The van der Waals surface area contributed by atoms with Crippen LogP contribution in [-0.2, 0) is 0 Å². The van der Waals surface area contributed by atoms with Gasteiger partial charge in [0.25, 0.3) is 0 Å². The SMILES string of the molecule is CCCCOc1ccc(Cl)c(C=NNC(N)=O)c1F. The molecule has 104 valence electrons. The maximum absolute atomic E-state index is 14.0. The van der Waals surface area contributed by atoms with E-state index in [1.165, 1.54) is 12.1 Å². The van der Waals surface area contributed by atoms with Crippen molar-refractivity contribution in [2.24, 2.45) is 10.8 Å². The van der Waals surface area contributed by atoms with Crippen LogP contribution in [0.5, 0.6) is 5.75 Å². The van der Waals surface area contributed by atoms with Crippen LogP contribution in [0, 0.1) is 5.82 Å². The van der Waals surface area contributed by atoms with E-state index >= 15 is 0 Å². The number of ether oxygens (including phenoxy) is 1. The number of rotatable bonds is 6. The summed E-state index contributed by atoms with van der Waals surface area (Å²) < 4.78 is 19.3. The highest BCUT2D eigenvalue weighted by Gasteiger charge is 2.12. The van der Waals surface area contributed by atoms with E-state index in [1.807, 2.05) is 12.3 Å². The predicted octanol–water partition coefficient (Wildman–Crippen LogP) is 2.66. The second kappa shape index (κ2) is 7.58. The monoisotopic (exact) mass is 287 g/mol. The lowest BCUT2D eigenvalue weighted by molar-refractivity contribution is 0.249. The third-order valence-electron chi connectivity index (χ3n) is 2.21. The van der Waals surface area contributed by atoms with Crippen molar-refractivity contribution in [3.8, 4) is 5.75 Å². The van der Waals surface area contributed by atoms with Gasteiger partial charge in [0.05, 0.1) is 23.4 Å². The van der Waals surface area contributed by atoms with Crippen LogP contribution in [0.1, 0.15) is 25.3 Å². The van der Waals surface area contributed by atoms with Gasteiger partial charge in [-0.05, 0) is 18.6 Å². The molecule has 5 nitrogen and oxygen atoms in total. The number of nitrogens with one attached hydrogen (secondary N) is 1. The molecule has 0 fully saturated rings. The Morgan fingerprint density at radius 3 is 3.00 bits per heavy atom. The third kappa shape index (κ3) is 4.75. The molecular formula is C12H15ClFN3O2. The molecule has 0 aliphatic carbocycles. The van der Waals surface area contributed by atoms with Crippen molar-refractivity contribution in [1.82, 2.24) is 5.43 Å². The molecule has 3 N–H and O–H groups in total. The standard InChI is InChI=1S/C12H15ClFN3O2/c1-2-3-6-19-10-5-4-9(13)8(11(10)14)7-16-17-12(15)18/h4-5,7H,2-3,6H2,1H3,(H3,15,17,18). The number of unbranched alkanes of at least 4 members (excludes halogenated alkanes) is 1. The Kier molecular flexibility index (Phi) is 6.08. The van der Waals surface area contributed by atoms with E-state index in [-0.39, 0.29) is 16.3 Å². The number of nitrogens with zero attached hydrogens (tertiary/aromatic N) is 1. The Morgan fingerprint density at radius 1 is 1.63 bits per heavy atom. The van der Waals surface area contributed by atoms with Crippen molar-refractivity contribution in [3.63, 3.8) is 0 Å². The molecule has 0 unspecified atom stereocenters. The number of halogens is 2. The minimum Gasteiger partial charge on any atom is -0.490 e. The minimum absolute atomic E-state index is 0.0319. The summed E-state index contributed by atoms with van der Waals surface area (Å²) in [5.74, 6) is -0.531. The average Bonchev–Trinajstić information content (AvgIpc) is 2.36. The van der Waals surface area contributed by atoms with E-state index in [9.17, 15) is 9.18 Å². The van der Waals surface area contributed by atoms with Gasteiger partial charge in [0.15, 0.2) is 11.6 Å². The zero-order valence-corrected chi connectivity index (χ0v) is 11.2. The molecule has 0 heterocycles. The van der Waals surface area contributed by atoms with Crippen LogP contribution in [0.4, 0.5) is 9.18 Å². The van der Waals surface area contributed by atoms with Gasteiger partial charge < -0.3 is 10.5 Å². The van der Waals surface area contributed by atoms with Gasteiger partial charge >= 0.3 is 6.03 Å². The van der Waals surface area contributed by atoms with Crippen molar-refractivity contribution in [1.29, 1.82) is 0 Å². The summed E-state index contributed by atoms with van der Waals surface area (Å²) in [6.07, 6.45) is 2.86. The first-order chi connectivity index (χ1) is 9.06. The number of urea groups is 1. The van der Waals surface area contributed by atoms with Gasteiger partial charge in [-0.1, -0.05) is 24.9 Å². The van der Waals surface area contributed by atoms with Gasteiger partial charge in [0.2, 0.25) is 0 Å². The lowest BCUT2D eigenvalue weighted by atomic mass is 10.2. The highest BCUT2D eigenvalue weighted by molar-refractivity contribution is 6.33. The van der Waals surface area contributed by atoms with E-state index in [1.54, 1.807) is 0 Å². The summed E-state index contributed by atoms with van der Waals surface area (Å²) >= 11 is 5.85. The van der Waals surface area contributed by atoms with Crippen LogP contribution in [0.15, 0.2) is 17.2 Å². The average molecular weight is 288 g/mol. The first kappa shape index (κ1) is 15.2. The van der Waals surface area contributed by atoms with E-state index in [0.717, 1.165) is 19.1 Å². The third-order valence-corrected chi connectivity index (χ3v) is 2.54. The number of carbonyl (C=O) groups is 1. The highest BCUT2D eigenvalue weighted by Crippen LogP contribution is 2.26. The normalized spacial score (nSPS) is 10.7. The molecule has 2 amide bonds. The maximum atomic E-state index is 14.0. The van der Waals surface area contributed by atoms with E-state index in [0.29, 0.717) is 6.61 Å². The topological polar surface area (TPSA) is 76.7 Å². The number of primary amides is 1. The molecule has 7 heteroatoms. The Hall–Kier alpha value is -1.82. The lowest BCUT2D eigenvalue weighted by Gasteiger charge is -2.09. The van der Waals surface area contributed by atoms with Crippen molar-refractivity contribution in [2.75, 3.05) is 6.61 Å². The number of hydrazone groups is 1. The van der Waals surface area contributed by atoms with Gasteiger partial charge in [-0.25, -0.2) is 14.6 Å². The molecule has 1 aromatic rings. The van der Waals surface area contributed by atoms with Crippen molar-refractivity contribution in [2.45, 2.75) is 19.8 Å². The predicted molar refractivity (Wildman–Crippen MR) is 72.1 cm³/mol. The highest BCUT2D eigenvalue weighted by atomic mass is 35.5. The summed E-state index contributed by atoms with van der Waals surface area (Å²) in [7, 11) is 0. The number of carbonyl (C=O) groups excluding carboxylic acids is 1. The van der Waals surface area contributed by atoms with Crippen LogP contribution in [0.3, 0.4) is 0 Å². The van der Waals surface area contributed by atoms with Gasteiger partial charge in [0.1, 0.15) is 0 Å². The molecule has 0 atom stereocenters.